The Morgan fingerprint density at radius 1 is 0.941 bits per heavy atom. The smallest absolute Gasteiger partial charge is 0.416 e. The number of nitro groups is 1. The predicted octanol–water partition coefficient (Wildman–Crippen LogP) is 5.24. The Morgan fingerprint density at radius 3 is 2.24 bits per heavy atom. The number of hydrogen-bond acceptors (Lipinski definition) is 5. The number of nitro benzene ring substituents is 1. The minimum atomic E-state index is -4.73. The molecule has 0 saturated carbocycles. The number of alkyl halides is 3. The van der Waals surface area contributed by atoms with Gasteiger partial charge in [0.15, 0.2) is 0 Å². The Hall–Kier alpha value is -4.47. The second-order valence-corrected chi connectivity index (χ2v) is 7.40. The monoisotopic (exact) mass is 468 g/mol. The Kier molecular flexibility index (Phi) is 5.66. The Labute approximate surface area is 190 Å². The molecule has 0 bridgehead atoms. The van der Waals surface area contributed by atoms with Gasteiger partial charge in [0, 0.05) is 17.3 Å². The van der Waals surface area contributed by atoms with Crippen molar-refractivity contribution in [2.75, 3.05) is 4.90 Å². The molecule has 0 radical (unpaired) electrons. The first kappa shape index (κ1) is 22.7. The summed E-state index contributed by atoms with van der Waals surface area (Å²) in [6.07, 6.45) is -4.73. The van der Waals surface area contributed by atoms with E-state index in [1.807, 2.05) is 0 Å². The van der Waals surface area contributed by atoms with Gasteiger partial charge in [-0.05, 0) is 24.3 Å². The van der Waals surface area contributed by atoms with Gasteiger partial charge in [0.1, 0.15) is 11.8 Å². The number of ketones is 1. The number of anilines is 1. The maximum atomic E-state index is 13.3. The first-order valence-electron chi connectivity index (χ1n) is 9.88. The van der Waals surface area contributed by atoms with Crippen LogP contribution < -0.4 is 4.90 Å². The number of hydrogen-bond donors (Lipinski definition) is 1. The zero-order valence-electron chi connectivity index (χ0n) is 17.2. The van der Waals surface area contributed by atoms with Crippen molar-refractivity contribution in [3.05, 3.63) is 111 Å². The van der Waals surface area contributed by atoms with Gasteiger partial charge in [-0.25, -0.2) is 0 Å². The highest BCUT2D eigenvalue weighted by Gasteiger charge is 2.49. The minimum absolute atomic E-state index is 0.137. The van der Waals surface area contributed by atoms with Crippen molar-refractivity contribution in [1.82, 2.24) is 0 Å². The van der Waals surface area contributed by atoms with E-state index in [1.54, 1.807) is 18.2 Å². The molecule has 7 nitrogen and oxygen atoms in total. The number of halogens is 3. The van der Waals surface area contributed by atoms with Gasteiger partial charge in [0.25, 0.3) is 17.4 Å². The summed E-state index contributed by atoms with van der Waals surface area (Å²) in [7, 11) is 0. The largest absolute Gasteiger partial charge is 0.507 e. The van der Waals surface area contributed by atoms with Crippen LogP contribution in [0, 0.1) is 10.1 Å². The van der Waals surface area contributed by atoms with Gasteiger partial charge in [0.05, 0.1) is 21.6 Å². The highest BCUT2D eigenvalue weighted by molar-refractivity contribution is 6.51. The molecule has 0 aliphatic carbocycles. The molecule has 4 rings (SSSR count). The van der Waals surface area contributed by atoms with E-state index in [2.05, 4.69) is 0 Å². The number of carbonyl (C=O) groups is 2. The molecule has 0 aromatic heterocycles. The average Bonchev–Trinajstić information content (AvgIpc) is 3.09. The molecule has 1 aliphatic rings. The molecule has 1 fully saturated rings. The zero-order valence-corrected chi connectivity index (χ0v) is 17.2. The number of nitrogens with zero attached hydrogens (tertiary/aromatic N) is 2. The fraction of sp³-hybridized carbons (Fsp3) is 0.0833. The maximum Gasteiger partial charge on any atom is 0.416 e. The topological polar surface area (TPSA) is 101 Å². The van der Waals surface area contributed by atoms with Gasteiger partial charge in [-0.15, -0.1) is 0 Å². The van der Waals surface area contributed by atoms with Crippen molar-refractivity contribution in [3.63, 3.8) is 0 Å². The number of benzene rings is 3. The molecule has 1 atom stereocenters. The number of amides is 1. The van der Waals surface area contributed by atoms with Crippen molar-refractivity contribution in [2.24, 2.45) is 0 Å². The first-order valence-corrected chi connectivity index (χ1v) is 9.88. The molecular weight excluding hydrogens is 453 g/mol. The van der Waals surface area contributed by atoms with Crippen molar-refractivity contribution in [2.45, 2.75) is 12.2 Å². The zero-order chi connectivity index (χ0) is 24.6. The summed E-state index contributed by atoms with van der Waals surface area (Å²) in [5.74, 6) is -3.00. The number of Topliss-reactive ketones (excluding diaryl/α,β-unsaturated/α-hetero) is 1. The van der Waals surface area contributed by atoms with Gasteiger partial charge in [-0.2, -0.15) is 13.2 Å². The van der Waals surface area contributed by atoms with E-state index in [0.29, 0.717) is 6.07 Å². The van der Waals surface area contributed by atoms with Crippen LogP contribution >= 0.6 is 0 Å². The van der Waals surface area contributed by atoms with Crippen molar-refractivity contribution < 1.29 is 32.8 Å². The summed E-state index contributed by atoms with van der Waals surface area (Å²) < 4.78 is 40.0. The molecule has 3 aromatic rings. The molecular formula is C24H15F3N2O5. The van der Waals surface area contributed by atoms with E-state index in [0.717, 1.165) is 23.1 Å². The van der Waals surface area contributed by atoms with Gasteiger partial charge in [-0.3, -0.25) is 24.6 Å². The number of carbonyl (C=O) groups excluding carboxylic acids is 2. The lowest BCUT2D eigenvalue weighted by molar-refractivity contribution is -0.385. The summed E-state index contributed by atoms with van der Waals surface area (Å²) in [6, 6.07) is 15.1. The summed E-state index contributed by atoms with van der Waals surface area (Å²) in [4.78, 5) is 37.8. The molecule has 1 saturated heterocycles. The van der Waals surface area contributed by atoms with Gasteiger partial charge >= 0.3 is 6.18 Å². The standard InChI is InChI=1S/C24H15F3N2O5/c25-24(26,27)15-9-6-10-16(13-15)28-20(17-11-4-5-12-18(17)29(33)34)19(22(31)23(28)32)21(30)14-7-2-1-3-8-14/h1-13,20,30H/t20-/m0/s1. The van der Waals surface area contributed by atoms with Crippen LogP contribution in [0.25, 0.3) is 5.76 Å². The SMILES string of the molecule is O=C1C(=O)N(c2cccc(C(F)(F)F)c2)[C@@H](c2ccccc2[N+](=O)[O-])C1=C(O)c1ccccc1. The van der Waals surface area contributed by atoms with Crippen LogP contribution in [0.1, 0.15) is 22.7 Å². The average molecular weight is 468 g/mol. The lowest BCUT2D eigenvalue weighted by atomic mass is 9.94. The number of aliphatic hydroxyl groups excluding tert-OH is 1. The predicted molar refractivity (Wildman–Crippen MR) is 116 cm³/mol. The molecule has 34 heavy (non-hydrogen) atoms. The molecule has 0 spiro atoms. The van der Waals surface area contributed by atoms with Crippen molar-refractivity contribution >= 4 is 28.8 Å². The van der Waals surface area contributed by atoms with E-state index in [-0.39, 0.29) is 16.8 Å². The fourth-order valence-electron chi connectivity index (χ4n) is 3.86. The van der Waals surface area contributed by atoms with Crippen LogP contribution in [-0.4, -0.2) is 21.7 Å². The van der Waals surface area contributed by atoms with Crippen LogP contribution in [0.15, 0.2) is 84.4 Å². The maximum absolute atomic E-state index is 13.3. The van der Waals surface area contributed by atoms with Crippen molar-refractivity contribution in [3.8, 4) is 0 Å². The lowest BCUT2D eigenvalue weighted by Gasteiger charge is -2.25. The molecule has 0 unspecified atom stereocenters. The van der Waals surface area contributed by atoms with Crippen LogP contribution in [0.4, 0.5) is 24.5 Å². The fourth-order valence-corrected chi connectivity index (χ4v) is 3.86. The Morgan fingerprint density at radius 2 is 1.59 bits per heavy atom. The third-order valence-electron chi connectivity index (χ3n) is 5.37. The number of para-hydroxylation sites is 1. The molecule has 172 valence electrons. The summed E-state index contributed by atoms with van der Waals surface area (Å²) >= 11 is 0. The minimum Gasteiger partial charge on any atom is -0.507 e. The summed E-state index contributed by atoms with van der Waals surface area (Å²) in [5.41, 5.74) is -2.29. The molecule has 1 amide bonds. The van der Waals surface area contributed by atoms with Crippen LogP contribution in [0.3, 0.4) is 0 Å². The number of aliphatic hydroxyl groups is 1. The molecule has 1 aliphatic heterocycles. The van der Waals surface area contributed by atoms with Gasteiger partial charge in [0.2, 0.25) is 0 Å². The van der Waals surface area contributed by atoms with Gasteiger partial charge < -0.3 is 5.11 Å². The normalized spacial score (nSPS) is 17.7. The van der Waals surface area contributed by atoms with Crippen LogP contribution in [0.5, 0.6) is 0 Å². The van der Waals surface area contributed by atoms with E-state index in [1.165, 1.54) is 36.4 Å². The lowest BCUT2D eigenvalue weighted by Crippen LogP contribution is -2.30. The summed E-state index contributed by atoms with van der Waals surface area (Å²) in [5, 5.41) is 22.7. The van der Waals surface area contributed by atoms with E-state index in [4.69, 9.17) is 0 Å². The third kappa shape index (κ3) is 3.90. The number of rotatable bonds is 4. The van der Waals surface area contributed by atoms with Crippen LogP contribution in [-0.2, 0) is 15.8 Å². The molecule has 1 N–H and O–H groups in total. The molecule has 10 heteroatoms. The quantitative estimate of drug-likeness (QED) is 0.186. The Bertz CT molecular complexity index is 1340. The first-order chi connectivity index (χ1) is 16.1. The Balaban J connectivity index is 2.01. The van der Waals surface area contributed by atoms with E-state index >= 15 is 0 Å². The van der Waals surface area contributed by atoms with E-state index < -0.39 is 51.4 Å². The molecule has 1 heterocycles. The van der Waals surface area contributed by atoms with Crippen LogP contribution in [0.2, 0.25) is 0 Å². The highest BCUT2D eigenvalue weighted by atomic mass is 19.4. The second kappa shape index (κ2) is 8.47. The summed E-state index contributed by atoms with van der Waals surface area (Å²) in [6.45, 7) is 0. The molecule has 3 aromatic carbocycles. The highest BCUT2D eigenvalue weighted by Crippen LogP contribution is 2.45. The second-order valence-electron chi connectivity index (χ2n) is 7.40. The third-order valence-corrected chi connectivity index (χ3v) is 5.37. The van der Waals surface area contributed by atoms with E-state index in [9.17, 15) is 38.0 Å². The van der Waals surface area contributed by atoms with Gasteiger partial charge in [-0.1, -0.05) is 48.5 Å². The van der Waals surface area contributed by atoms with Crippen molar-refractivity contribution in [1.29, 1.82) is 0 Å².